The third-order valence-corrected chi connectivity index (χ3v) is 5.38. The van der Waals surface area contributed by atoms with Crippen molar-refractivity contribution in [3.05, 3.63) is 87.7 Å². The molecule has 8 heteroatoms. The molecule has 3 aromatic rings. The van der Waals surface area contributed by atoms with E-state index >= 15 is 0 Å². The fourth-order valence-electron chi connectivity index (χ4n) is 3.53. The molecule has 1 saturated heterocycles. The van der Waals surface area contributed by atoms with E-state index in [9.17, 15) is 14.4 Å². The SMILES string of the molecule is Cc1cc(C=C2C(=O)NC(=O)NC2=O)c(C)n1-c1ccc(OCc2ccc(Cl)cc2)cc1. The van der Waals surface area contributed by atoms with Crippen molar-refractivity contribution in [3.8, 4) is 11.4 Å². The van der Waals surface area contributed by atoms with E-state index in [-0.39, 0.29) is 5.57 Å². The van der Waals surface area contributed by atoms with Crippen LogP contribution in [0.4, 0.5) is 4.79 Å². The molecule has 2 heterocycles. The van der Waals surface area contributed by atoms with Gasteiger partial charge in [0.15, 0.2) is 0 Å². The second-order valence-electron chi connectivity index (χ2n) is 7.37. The summed E-state index contributed by atoms with van der Waals surface area (Å²) >= 11 is 5.91. The molecule has 162 valence electrons. The lowest BCUT2D eigenvalue weighted by atomic mass is 10.1. The maximum absolute atomic E-state index is 12.0. The van der Waals surface area contributed by atoms with Gasteiger partial charge in [-0.1, -0.05) is 23.7 Å². The molecule has 1 aliphatic rings. The Morgan fingerprint density at radius 1 is 0.938 bits per heavy atom. The number of barbiturate groups is 1. The molecule has 0 bridgehead atoms. The molecule has 0 aliphatic carbocycles. The standard InChI is InChI=1S/C24H20ClN3O4/c1-14-11-17(12-21-22(29)26-24(31)27-23(21)30)15(2)28(14)19-7-9-20(10-8-19)32-13-16-3-5-18(25)6-4-16/h3-12H,13H2,1-2H3,(H2,26,27,29,30,31). The number of hydrogen-bond acceptors (Lipinski definition) is 4. The van der Waals surface area contributed by atoms with Crippen molar-refractivity contribution < 1.29 is 19.1 Å². The highest BCUT2D eigenvalue weighted by Crippen LogP contribution is 2.25. The van der Waals surface area contributed by atoms with Gasteiger partial charge in [-0.2, -0.15) is 0 Å². The summed E-state index contributed by atoms with van der Waals surface area (Å²) in [6, 6.07) is 16.2. The molecule has 2 aromatic carbocycles. The minimum absolute atomic E-state index is 0.115. The van der Waals surface area contributed by atoms with E-state index in [1.165, 1.54) is 6.08 Å². The average Bonchev–Trinajstić information content (AvgIpc) is 3.03. The summed E-state index contributed by atoms with van der Waals surface area (Å²) in [5.41, 5.74) is 4.30. The van der Waals surface area contributed by atoms with E-state index < -0.39 is 17.8 Å². The number of ether oxygens (including phenoxy) is 1. The van der Waals surface area contributed by atoms with E-state index in [2.05, 4.69) is 10.6 Å². The van der Waals surface area contributed by atoms with E-state index in [1.54, 1.807) is 0 Å². The summed E-state index contributed by atoms with van der Waals surface area (Å²) in [4.78, 5) is 35.3. The number of carbonyl (C=O) groups is 3. The summed E-state index contributed by atoms with van der Waals surface area (Å²) in [6.07, 6.45) is 1.49. The zero-order chi connectivity index (χ0) is 22.8. The summed E-state index contributed by atoms with van der Waals surface area (Å²) in [5, 5.41) is 4.84. The molecule has 0 unspecified atom stereocenters. The van der Waals surface area contributed by atoms with Crippen LogP contribution in [-0.2, 0) is 16.2 Å². The summed E-state index contributed by atoms with van der Waals surface area (Å²) in [6.45, 7) is 4.26. The van der Waals surface area contributed by atoms with Gasteiger partial charge in [0.25, 0.3) is 11.8 Å². The number of carbonyl (C=O) groups excluding carboxylic acids is 3. The number of aromatic nitrogens is 1. The lowest BCUT2D eigenvalue weighted by Gasteiger charge is -2.14. The molecule has 0 spiro atoms. The van der Waals surface area contributed by atoms with Gasteiger partial charge in [0.1, 0.15) is 17.9 Å². The van der Waals surface area contributed by atoms with Crippen LogP contribution in [0, 0.1) is 13.8 Å². The van der Waals surface area contributed by atoms with Crippen molar-refractivity contribution in [2.45, 2.75) is 20.5 Å². The second-order valence-corrected chi connectivity index (χ2v) is 7.80. The quantitative estimate of drug-likeness (QED) is 0.453. The molecule has 1 aromatic heterocycles. The monoisotopic (exact) mass is 449 g/mol. The zero-order valence-electron chi connectivity index (χ0n) is 17.4. The summed E-state index contributed by atoms with van der Waals surface area (Å²) in [7, 11) is 0. The number of benzene rings is 2. The van der Waals surface area contributed by atoms with Gasteiger partial charge in [0.05, 0.1) is 0 Å². The highest BCUT2D eigenvalue weighted by atomic mass is 35.5. The smallest absolute Gasteiger partial charge is 0.328 e. The maximum atomic E-state index is 12.0. The Balaban J connectivity index is 1.54. The summed E-state index contributed by atoms with van der Waals surface area (Å²) in [5.74, 6) is -0.704. The van der Waals surface area contributed by atoms with Crippen LogP contribution in [0.5, 0.6) is 5.75 Å². The number of nitrogens with zero attached hydrogens (tertiary/aromatic N) is 1. The molecule has 2 N–H and O–H groups in total. The number of halogens is 1. The van der Waals surface area contributed by atoms with Crippen molar-refractivity contribution >= 4 is 35.5 Å². The first-order valence-electron chi connectivity index (χ1n) is 9.87. The van der Waals surface area contributed by atoms with Gasteiger partial charge in [0.2, 0.25) is 0 Å². The van der Waals surface area contributed by atoms with Gasteiger partial charge in [-0.05, 0) is 73.5 Å². The van der Waals surface area contributed by atoms with Crippen LogP contribution in [0.1, 0.15) is 22.5 Å². The number of rotatable bonds is 5. The molecule has 1 fully saturated rings. The number of nitrogens with one attached hydrogen (secondary N) is 2. The predicted molar refractivity (Wildman–Crippen MR) is 121 cm³/mol. The maximum Gasteiger partial charge on any atom is 0.328 e. The Morgan fingerprint density at radius 2 is 1.56 bits per heavy atom. The second kappa shape index (κ2) is 8.72. The minimum Gasteiger partial charge on any atom is -0.489 e. The van der Waals surface area contributed by atoms with E-state index in [1.807, 2.05) is 73.0 Å². The van der Waals surface area contributed by atoms with Gasteiger partial charge in [-0.25, -0.2) is 4.79 Å². The molecular formula is C24H20ClN3O4. The third kappa shape index (κ3) is 4.43. The number of imide groups is 2. The van der Waals surface area contributed by atoms with E-state index in [4.69, 9.17) is 16.3 Å². The van der Waals surface area contributed by atoms with Crippen molar-refractivity contribution in [2.24, 2.45) is 0 Å². The zero-order valence-corrected chi connectivity index (χ0v) is 18.2. The van der Waals surface area contributed by atoms with Gasteiger partial charge in [-0.15, -0.1) is 0 Å². The lowest BCUT2D eigenvalue weighted by molar-refractivity contribution is -0.123. The first-order chi connectivity index (χ1) is 15.3. The van der Waals surface area contributed by atoms with Crippen LogP contribution in [-0.4, -0.2) is 22.4 Å². The predicted octanol–water partition coefficient (Wildman–Crippen LogP) is 4.08. The van der Waals surface area contributed by atoms with Crippen LogP contribution in [0.3, 0.4) is 0 Å². The lowest BCUT2D eigenvalue weighted by Crippen LogP contribution is -2.51. The fourth-order valence-corrected chi connectivity index (χ4v) is 3.66. The normalized spacial score (nSPS) is 13.6. The van der Waals surface area contributed by atoms with E-state index in [0.29, 0.717) is 17.2 Å². The molecular weight excluding hydrogens is 430 g/mol. The number of aryl methyl sites for hydroxylation is 1. The minimum atomic E-state index is -0.819. The Morgan fingerprint density at radius 3 is 2.19 bits per heavy atom. The molecule has 7 nitrogen and oxygen atoms in total. The number of urea groups is 1. The van der Waals surface area contributed by atoms with Crippen molar-refractivity contribution in [1.29, 1.82) is 0 Å². The molecule has 0 radical (unpaired) electrons. The highest BCUT2D eigenvalue weighted by molar-refractivity contribution is 6.31. The van der Waals surface area contributed by atoms with Gasteiger partial charge in [-0.3, -0.25) is 20.2 Å². The summed E-state index contributed by atoms with van der Waals surface area (Å²) < 4.78 is 7.86. The van der Waals surface area contributed by atoms with Crippen molar-refractivity contribution in [1.82, 2.24) is 15.2 Å². The van der Waals surface area contributed by atoms with Crippen molar-refractivity contribution in [2.75, 3.05) is 0 Å². The Bertz CT molecular complexity index is 1220. The number of hydrogen-bond donors (Lipinski definition) is 2. The number of amides is 4. The fraction of sp³-hybridized carbons (Fsp3) is 0.125. The van der Waals surface area contributed by atoms with Gasteiger partial charge < -0.3 is 9.30 Å². The molecule has 32 heavy (non-hydrogen) atoms. The van der Waals surface area contributed by atoms with E-state index in [0.717, 1.165) is 28.4 Å². The Hall–Kier alpha value is -3.84. The largest absolute Gasteiger partial charge is 0.489 e. The third-order valence-electron chi connectivity index (χ3n) is 5.13. The van der Waals surface area contributed by atoms with Crippen LogP contribution < -0.4 is 15.4 Å². The van der Waals surface area contributed by atoms with Crippen molar-refractivity contribution in [3.63, 3.8) is 0 Å². The molecule has 1 aliphatic heterocycles. The Labute approximate surface area is 189 Å². The van der Waals surface area contributed by atoms with Crippen LogP contribution in [0.15, 0.2) is 60.2 Å². The molecule has 0 atom stereocenters. The first kappa shape index (κ1) is 21.4. The molecule has 4 amide bonds. The van der Waals surface area contributed by atoms with Gasteiger partial charge >= 0.3 is 6.03 Å². The Kier molecular flexibility index (Phi) is 5.83. The van der Waals surface area contributed by atoms with Crippen LogP contribution in [0.2, 0.25) is 5.02 Å². The first-order valence-corrected chi connectivity index (χ1v) is 10.2. The topological polar surface area (TPSA) is 89.4 Å². The van der Waals surface area contributed by atoms with Gasteiger partial charge in [0, 0.05) is 22.1 Å². The van der Waals surface area contributed by atoms with Crippen LogP contribution in [0.25, 0.3) is 11.8 Å². The highest BCUT2D eigenvalue weighted by Gasteiger charge is 2.28. The molecule has 0 saturated carbocycles. The molecule has 4 rings (SSSR count). The average molecular weight is 450 g/mol. The van der Waals surface area contributed by atoms with Crippen LogP contribution >= 0.6 is 11.6 Å².